The Kier molecular flexibility index (Phi) is 1.40. The summed E-state index contributed by atoms with van der Waals surface area (Å²) in [6.07, 6.45) is 0. The third-order valence-corrected chi connectivity index (χ3v) is 1.84. The molecule has 0 fully saturated rings. The monoisotopic (exact) mass is 166 g/mol. The summed E-state index contributed by atoms with van der Waals surface area (Å²) in [7, 11) is 0. The molecule has 0 saturated heterocycles. The highest BCUT2D eigenvalue weighted by Crippen LogP contribution is 2.26. The van der Waals surface area contributed by atoms with E-state index < -0.39 is 0 Å². The third kappa shape index (κ3) is 0.975. The van der Waals surface area contributed by atoms with E-state index in [2.05, 4.69) is 0 Å². The van der Waals surface area contributed by atoms with Gasteiger partial charge in [-0.25, -0.2) is 0 Å². The molecule has 0 radical (unpaired) electrons. The maximum absolute atomic E-state index is 9.38. The van der Waals surface area contributed by atoms with Gasteiger partial charge in [-0.1, -0.05) is 12.1 Å². The quantitative estimate of drug-likeness (QED) is 0.630. The van der Waals surface area contributed by atoms with Crippen molar-refractivity contribution >= 4 is 10.8 Å². The summed E-state index contributed by atoms with van der Waals surface area (Å²) in [5.74, 6) is 0.459. The second-order valence-corrected chi connectivity index (χ2v) is 2.68. The van der Waals surface area contributed by atoms with E-state index in [0.29, 0.717) is 0 Å². The van der Waals surface area contributed by atoms with Gasteiger partial charge in [-0.05, 0) is 29.7 Å². The average molecular weight is 166 g/mol. The Labute approximate surface area is 69.7 Å². The molecule has 0 aliphatic rings. The second-order valence-electron chi connectivity index (χ2n) is 2.68. The first kappa shape index (κ1) is 6.98. The Hall–Kier alpha value is -1.70. The van der Waals surface area contributed by atoms with Crippen molar-refractivity contribution in [2.24, 2.45) is 0 Å². The molecule has 2 aromatic carbocycles. The molecule has 2 nitrogen and oxygen atoms in total. The predicted molar refractivity (Wildman–Crippen MR) is 47.3 cm³/mol. The number of hydrogen-bond donors (Lipinski definition) is 2. The van der Waals surface area contributed by atoms with Gasteiger partial charge in [-0.3, -0.25) is 0 Å². The van der Waals surface area contributed by atoms with Crippen molar-refractivity contribution in [3.8, 4) is 11.5 Å². The van der Waals surface area contributed by atoms with E-state index in [1.54, 1.807) is 30.3 Å². The summed E-state index contributed by atoms with van der Waals surface area (Å²) in [5.41, 5.74) is 0. The van der Waals surface area contributed by atoms with Crippen molar-refractivity contribution in [2.45, 2.75) is 0 Å². The van der Waals surface area contributed by atoms with Crippen LogP contribution in [0.25, 0.3) is 10.8 Å². The molecule has 0 atom stereocenters. The van der Waals surface area contributed by atoms with Crippen LogP contribution in [-0.2, 0) is 0 Å². The van der Waals surface area contributed by atoms with E-state index in [1.807, 2.05) is 6.07 Å². The lowest BCUT2D eigenvalue weighted by Crippen LogP contribution is -1.72. The summed E-state index contributed by atoms with van der Waals surface area (Å²) in [6.45, 7) is 0. The van der Waals surface area contributed by atoms with Gasteiger partial charge in [0, 0.05) is 5.39 Å². The van der Waals surface area contributed by atoms with Crippen LogP contribution < -0.4 is 0 Å². The van der Waals surface area contributed by atoms with Crippen LogP contribution in [0.2, 0.25) is 0 Å². The molecular formula is C10H8O2. The second kappa shape index (κ2) is 2.41. The fraction of sp³-hybridized carbons (Fsp3) is 0. The van der Waals surface area contributed by atoms with Crippen LogP contribution in [0.1, 0.15) is 0 Å². The molecule has 0 saturated carbocycles. The minimum atomic E-state index is 0.216. The van der Waals surface area contributed by atoms with Crippen LogP contribution in [0.3, 0.4) is 0 Å². The summed E-state index contributed by atoms with van der Waals surface area (Å²) in [4.78, 5) is 0. The van der Waals surface area contributed by atoms with Crippen molar-refractivity contribution < 1.29 is 10.2 Å². The minimum Gasteiger partial charge on any atom is -0.508 e. The molecule has 0 aliphatic heterocycles. The van der Waals surface area contributed by atoms with E-state index >= 15 is 0 Å². The predicted octanol–water partition coefficient (Wildman–Crippen LogP) is 2.25. The molecular weight excluding hydrogens is 158 g/mol. The van der Waals surface area contributed by atoms with Gasteiger partial charge in [0.2, 0.25) is 0 Å². The molecule has 0 aliphatic carbocycles. The molecule has 0 bridgehead atoms. The number of hydrogen-bond acceptors (Lipinski definition) is 2. The Balaban J connectivity index is 2.86. The molecule has 2 aromatic rings. The van der Waals surface area contributed by atoms with Gasteiger partial charge in [-0.15, -0.1) is 0 Å². The first-order valence-corrected chi connectivity index (χ1v) is 3.68. The van der Waals surface area contributed by atoms with Crippen molar-refractivity contribution in [3.05, 3.63) is 36.4 Å². The Morgan fingerprint density at radius 1 is 0.917 bits per heavy atom. The number of benzene rings is 2. The highest BCUT2D eigenvalue weighted by Gasteiger charge is 1.98. The number of rotatable bonds is 0. The molecule has 2 heteroatoms. The van der Waals surface area contributed by atoms with Crippen LogP contribution >= 0.6 is 0 Å². The van der Waals surface area contributed by atoms with Crippen molar-refractivity contribution in [1.82, 2.24) is 0 Å². The summed E-state index contributed by atoms with van der Waals surface area (Å²) < 4.78 is 0. The highest BCUT2D eigenvalue weighted by molar-refractivity contribution is 5.88. The SMILES string of the molecule is Oc1ccc[13c]2[13cH][13c](O)[13cH][13cH][13c]12. The van der Waals surface area contributed by atoms with Gasteiger partial charge < -0.3 is 10.2 Å². The van der Waals surface area contributed by atoms with Gasteiger partial charge in [0.15, 0.2) is 0 Å². The number of phenols is 2. The van der Waals surface area contributed by atoms with Crippen LogP contribution in [-0.4, -0.2) is 10.2 Å². The number of phenolic OH excluding ortho intramolecular Hbond substituents is 2. The summed E-state index contributed by atoms with van der Waals surface area (Å²) in [6, 6.07) is 10.1. The zero-order valence-corrected chi connectivity index (χ0v) is 6.36. The molecule has 60 valence electrons. The van der Waals surface area contributed by atoms with Gasteiger partial charge >= 0.3 is 0 Å². The summed E-state index contributed by atoms with van der Waals surface area (Å²) >= 11 is 0. The first-order chi connectivity index (χ1) is 5.77. The van der Waals surface area contributed by atoms with Crippen LogP contribution in [0.4, 0.5) is 0 Å². The fourth-order valence-electron chi connectivity index (χ4n) is 1.25. The van der Waals surface area contributed by atoms with E-state index in [-0.39, 0.29) is 11.5 Å². The number of fused-ring (bicyclic) bond motifs is 1. The van der Waals surface area contributed by atoms with Gasteiger partial charge in [0.25, 0.3) is 0 Å². The maximum atomic E-state index is 9.38. The summed E-state index contributed by atoms with van der Waals surface area (Å²) in [5, 5.41) is 20.1. The molecule has 0 heterocycles. The largest absolute Gasteiger partial charge is 0.508 e. The Bertz CT molecular complexity index is 421. The van der Waals surface area contributed by atoms with Gasteiger partial charge in [0.1, 0.15) is 11.5 Å². The Morgan fingerprint density at radius 3 is 2.58 bits per heavy atom. The molecule has 2 N–H and O–H groups in total. The normalized spacial score (nSPS) is 10.3. The number of aromatic hydroxyl groups is 2. The molecule has 0 amide bonds. The van der Waals surface area contributed by atoms with E-state index in [1.165, 1.54) is 0 Å². The topological polar surface area (TPSA) is 40.5 Å². The fourth-order valence-corrected chi connectivity index (χ4v) is 1.25. The molecule has 0 spiro atoms. The standard InChI is InChI=1S/C10H8O2/c11-8-4-5-9-7(6-8)2-1-3-10(9)12/h1-6,11-12H/i4+1,5+1,6+1,7+1,8+1,9+1. The lowest BCUT2D eigenvalue weighted by Gasteiger charge is -1.99. The molecule has 0 aromatic heterocycles. The van der Waals surface area contributed by atoms with Gasteiger partial charge in [0.05, 0.1) is 0 Å². The highest BCUT2D eigenvalue weighted by atomic mass is 16.3. The lowest BCUT2D eigenvalue weighted by molar-refractivity contribution is 0.475. The average Bonchev–Trinajstić information content (AvgIpc) is 2.04. The van der Waals surface area contributed by atoms with Crippen molar-refractivity contribution in [1.29, 1.82) is 0 Å². The van der Waals surface area contributed by atoms with Crippen molar-refractivity contribution in [3.63, 3.8) is 0 Å². The molecule has 12 heavy (non-hydrogen) atoms. The first-order valence-electron chi connectivity index (χ1n) is 3.68. The van der Waals surface area contributed by atoms with Crippen LogP contribution in [0, 0.1) is 0 Å². The van der Waals surface area contributed by atoms with Crippen LogP contribution in [0.5, 0.6) is 11.5 Å². The maximum Gasteiger partial charge on any atom is 0.123 e. The molecule has 2 rings (SSSR count). The zero-order valence-electron chi connectivity index (χ0n) is 6.36. The molecule has 0 unspecified atom stereocenters. The van der Waals surface area contributed by atoms with E-state index in [9.17, 15) is 5.11 Å². The van der Waals surface area contributed by atoms with E-state index in [4.69, 9.17) is 5.11 Å². The van der Waals surface area contributed by atoms with Gasteiger partial charge in [-0.2, -0.15) is 0 Å². The minimum absolute atomic E-state index is 0.216. The smallest absolute Gasteiger partial charge is 0.123 e. The van der Waals surface area contributed by atoms with Crippen molar-refractivity contribution in [2.75, 3.05) is 0 Å². The third-order valence-electron chi connectivity index (χ3n) is 1.84. The lowest BCUT2D eigenvalue weighted by atomic mass is 10.5. The zero-order chi connectivity index (χ0) is 8.55. The van der Waals surface area contributed by atoms with E-state index in [0.717, 1.165) is 10.8 Å². The van der Waals surface area contributed by atoms with Crippen LogP contribution in [0.15, 0.2) is 36.4 Å². The Morgan fingerprint density at radius 2 is 1.75 bits per heavy atom.